The van der Waals surface area contributed by atoms with Crippen molar-refractivity contribution >= 4 is 17.8 Å². The fourth-order valence-corrected chi connectivity index (χ4v) is 4.62. The molecule has 2 aromatic rings. The molecule has 40 heavy (non-hydrogen) atoms. The molecule has 6 atom stereocenters. The van der Waals surface area contributed by atoms with Gasteiger partial charge in [-0.15, -0.1) is 0 Å². The van der Waals surface area contributed by atoms with Gasteiger partial charge in [-0.25, -0.2) is 4.79 Å². The molecule has 2 aliphatic rings. The molecule has 4 rings (SSSR count). The normalized spacial score (nSPS) is 28.3. The largest absolute Gasteiger partial charge is 0.508 e. The van der Waals surface area contributed by atoms with Crippen molar-refractivity contribution in [2.24, 2.45) is 11.8 Å². The fraction of sp³-hybridized carbons (Fsp3) is 0.483. The van der Waals surface area contributed by atoms with Crippen LogP contribution in [0.4, 0.5) is 0 Å². The van der Waals surface area contributed by atoms with Crippen LogP contribution in [0.3, 0.4) is 0 Å². The van der Waals surface area contributed by atoms with Gasteiger partial charge in [-0.1, -0.05) is 48.5 Å². The van der Waals surface area contributed by atoms with Gasteiger partial charge in [-0.3, -0.25) is 14.9 Å². The van der Waals surface area contributed by atoms with Crippen molar-refractivity contribution in [1.29, 1.82) is 0 Å². The van der Waals surface area contributed by atoms with Crippen LogP contribution in [0.5, 0.6) is 5.75 Å². The SMILES string of the molecule is CC1OC(=O)C(C2COC2)OC(=O)C(C)C(O)C(Cc2ccccc2)NC(=O)C1NCOCc1ccccc1O. The first-order valence-corrected chi connectivity index (χ1v) is 13.3. The minimum absolute atomic E-state index is 0.0781. The Morgan fingerprint density at radius 3 is 2.35 bits per heavy atom. The summed E-state index contributed by atoms with van der Waals surface area (Å²) < 4.78 is 22.0. The van der Waals surface area contributed by atoms with E-state index in [4.69, 9.17) is 18.9 Å². The Morgan fingerprint density at radius 2 is 1.68 bits per heavy atom. The maximum Gasteiger partial charge on any atom is 0.348 e. The van der Waals surface area contributed by atoms with Gasteiger partial charge in [0, 0.05) is 5.56 Å². The van der Waals surface area contributed by atoms with Gasteiger partial charge in [-0.05, 0) is 31.9 Å². The first-order valence-electron chi connectivity index (χ1n) is 13.3. The zero-order valence-electron chi connectivity index (χ0n) is 22.5. The van der Waals surface area contributed by atoms with Gasteiger partial charge >= 0.3 is 11.9 Å². The summed E-state index contributed by atoms with van der Waals surface area (Å²) in [5, 5.41) is 27.0. The summed E-state index contributed by atoms with van der Waals surface area (Å²) in [6.45, 7) is 3.45. The number of hydrogen-bond acceptors (Lipinski definition) is 10. The Bertz CT molecular complexity index is 1160. The maximum atomic E-state index is 13.6. The molecule has 216 valence electrons. The van der Waals surface area contributed by atoms with Crippen LogP contribution in [0.1, 0.15) is 25.0 Å². The first kappa shape index (κ1) is 29.5. The third-order valence-electron chi connectivity index (χ3n) is 7.20. The quantitative estimate of drug-likeness (QED) is 0.211. The van der Waals surface area contributed by atoms with Crippen molar-refractivity contribution in [2.45, 2.75) is 57.3 Å². The van der Waals surface area contributed by atoms with Crippen molar-refractivity contribution in [3.63, 3.8) is 0 Å². The number of aliphatic hydroxyl groups excluding tert-OH is 1. The Kier molecular flexibility index (Phi) is 10.1. The molecule has 0 saturated carbocycles. The third-order valence-corrected chi connectivity index (χ3v) is 7.20. The van der Waals surface area contributed by atoms with Crippen LogP contribution in [0.15, 0.2) is 54.6 Å². The summed E-state index contributed by atoms with van der Waals surface area (Å²) in [6, 6.07) is 14.1. The molecule has 1 amide bonds. The number of benzene rings is 2. The Labute approximate surface area is 232 Å². The average molecular weight is 557 g/mol. The molecule has 0 aromatic heterocycles. The summed E-state index contributed by atoms with van der Waals surface area (Å²) in [5.41, 5.74) is 1.42. The number of aliphatic hydroxyl groups is 1. The highest BCUT2D eigenvalue weighted by atomic mass is 16.6. The molecule has 2 heterocycles. The van der Waals surface area contributed by atoms with Crippen LogP contribution in [-0.2, 0) is 46.4 Å². The zero-order chi connectivity index (χ0) is 28.6. The van der Waals surface area contributed by atoms with Crippen LogP contribution >= 0.6 is 0 Å². The minimum atomic E-state index is -1.31. The number of cyclic esters (lactones) is 2. The third kappa shape index (κ3) is 7.36. The highest BCUT2D eigenvalue weighted by Crippen LogP contribution is 2.24. The predicted molar refractivity (Wildman–Crippen MR) is 142 cm³/mol. The second-order valence-electron chi connectivity index (χ2n) is 10.2. The number of amides is 1. The van der Waals surface area contributed by atoms with E-state index in [0.717, 1.165) is 5.56 Å². The average Bonchev–Trinajstić information content (AvgIpc) is 2.91. The fourth-order valence-electron chi connectivity index (χ4n) is 4.62. The van der Waals surface area contributed by atoms with Crippen molar-refractivity contribution in [2.75, 3.05) is 19.9 Å². The molecule has 0 radical (unpaired) electrons. The summed E-state index contributed by atoms with van der Waals surface area (Å²) in [4.78, 5) is 39.6. The number of hydrogen-bond donors (Lipinski definition) is 4. The first-order chi connectivity index (χ1) is 19.2. The molecular weight excluding hydrogens is 520 g/mol. The Morgan fingerprint density at radius 1 is 0.975 bits per heavy atom. The molecule has 0 spiro atoms. The van der Waals surface area contributed by atoms with E-state index >= 15 is 0 Å². The molecule has 2 aromatic carbocycles. The van der Waals surface area contributed by atoms with Gasteiger partial charge in [0.05, 0.1) is 50.5 Å². The van der Waals surface area contributed by atoms with E-state index in [-0.39, 0.29) is 38.7 Å². The Hall–Kier alpha value is -3.51. The minimum Gasteiger partial charge on any atom is -0.508 e. The van der Waals surface area contributed by atoms with Gasteiger partial charge in [-0.2, -0.15) is 0 Å². The van der Waals surface area contributed by atoms with Crippen molar-refractivity contribution in [1.82, 2.24) is 10.6 Å². The van der Waals surface area contributed by atoms with E-state index in [1.165, 1.54) is 6.92 Å². The van der Waals surface area contributed by atoms with Crippen LogP contribution in [-0.4, -0.2) is 78.4 Å². The van der Waals surface area contributed by atoms with E-state index in [1.807, 2.05) is 30.3 Å². The molecule has 6 unspecified atom stereocenters. The smallest absolute Gasteiger partial charge is 0.348 e. The lowest BCUT2D eigenvalue weighted by atomic mass is 9.92. The van der Waals surface area contributed by atoms with Gasteiger partial charge in [0.1, 0.15) is 17.9 Å². The second-order valence-corrected chi connectivity index (χ2v) is 10.2. The Balaban J connectivity index is 1.55. The standard InChI is InChI=1S/C29H36N2O9/c1-17-25(33)22(12-19-8-4-3-5-9-19)31-27(34)24(30-16-38-13-20-10-6-7-11-23(20)32)18(2)39-29(36)26(40-28(17)35)21-14-37-15-21/h3-11,17-18,21-22,24-26,30,32-33H,12-16H2,1-2H3,(H,31,34). The van der Waals surface area contributed by atoms with Gasteiger partial charge in [0.2, 0.25) is 12.0 Å². The van der Waals surface area contributed by atoms with Gasteiger partial charge in [0.25, 0.3) is 0 Å². The lowest BCUT2D eigenvalue weighted by Crippen LogP contribution is -2.59. The van der Waals surface area contributed by atoms with E-state index in [1.54, 1.807) is 31.2 Å². The lowest BCUT2D eigenvalue weighted by Gasteiger charge is -2.36. The van der Waals surface area contributed by atoms with Gasteiger partial charge in [0.15, 0.2) is 0 Å². The van der Waals surface area contributed by atoms with Crippen LogP contribution in [0.2, 0.25) is 0 Å². The number of carbonyl (C=O) groups is 3. The number of aromatic hydroxyl groups is 1. The maximum absolute atomic E-state index is 13.6. The zero-order valence-corrected chi connectivity index (χ0v) is 22.5. The predicted octanol–water partition coefficient (Wildman–Crippen LogP) is 1.05. The molecule has 0 bridgehead atoms. The van der Waals surface area contributed by atoms with Crippen molar-refractivity contribution in [3.8, 4) is 5.75 Å². The number of phenols is 1. The number of rotatable bonds is 8. The molecule has 11 heteroatoms. The number of ether oxygens (including phenoxy) is 4. The summed E-state index contributed by atoms with van der Waals surface area (Å²) >= 11 is 0. The van der Waals surface area contributed by atoms with Crippen molar-refractivity contribution < 1.29 is 43.5 Å². The number of carbonyl (C=O) groups excluding carboxylic acids is 3. The number of nitrogens with one attached hydrogen (secondary N) is 2. The molecule has 4 N–H and O–H groups in total. The van der Waals surface area contributed by atoms with Crippen LogP contribution in [0, 0.1) is 11.8 Å². The molecule has 11 nitrogen and oxygen atoms in total. The van der Waals surface area contributed by atoms with E-state index in [0.29, 0.717) is 5.56 Å². The molecule has 2 fully saturated rings. The molecule has 0 aliphatic carbocycles. The second kappa shape index (κ2) is 13.7. The monoisotopic (exact) mass is 556 g/mol. The summed E-state index contributed by atoms with van der Waals surface area (Å²) in [5.74, 6) is -3.47. The number of esters is 2. The molecular formula is C29H36N2O9. The van der Waals surface area contributed by atoms with E-state index in [2.05, 4.69) is 10.6 Å². The summed E-state index contributed by atoms with van der Waals surface area (Å²) in [6.07, 6.45) is -3.28. The molecule has 2 saturated heterocycles. The van der Waals surface area contributed by atoms with E-state index < -0.39 is 60.1 Å². The number of phenolic OH excluding ortho intramolecular Hbond substituents is 1. The lowest BCUT2D eigenvalue weighted by molar-refractivity contribution is -0.192. The van der Waals surface area contributed by atoms with Gasteiger partial charge < -0.3 is 34.5 Å². The van der Waals surface area contributed by atoms with Crippen LogP contribution in [0.25, 0.3) is 0 Å². The highest BCUT2D eigenvalue weighted by molar-refractivity contribution is 5.85. The van der Waals surface area contributed by atoms with E-state index in [9.17, 15) is 24.6 Å². The topological polar surface area (TPSA) is 153 Å². The highest BCUT2D eigenvalue weighted by Gasteiger charge is 2.43. The molecule has 2 aliphatic heterocycles. The summed E-state index contributed by atoms with van der Waals surface area (Å²) in [7, 11) is 0. The number of para-hydroxylation sites is 1. The van der Waals surface area contributed by atoms with Crippen molar-refractivity contribution in [3.05, 3.63) is 65.7 Å². The van der Waals surface area contributed by atoms with Crippen LogP contribution < -0.4 is 10.6 Å².